The lowest BCUT2D eigenvalue weighted by atomic mass is 10.0. The molecule has 1 aromatic rings. The second-order valence-electron chi connectivity index (χ2n) is 7.35. The van der Waals surface area contributed by atoms with Crippen molar-refractivity contribution in [2.75, 3.05) is 0 Å². The van der Waals surface area contributed by atoms with Gasteiger partial charge in [-0.1, -0.05) is 12.1 Å². The summed E-state index contributed by atoms with van der Waals surface area (Å²) in [5, 5.41) is 0. The molecule has 24 heavy (non-hydrogen) atoms. The molecule has 0 saturated heterocycles. The lowest BCUT2D eigenvalue weighted by Gasteiger charge is -2.33. The first-order chi connectivity index (χ1) is 11.1. The van der Waals surface area contributed by atoms with E-state index in [-0.39, 0.29) is 36.0 Å². The fraction of sp³-hybridized carbons (Fsp3) is 0.600. The van der Waals surface area contributed by atoms with Crippen LogP contribution >= 0.6 is 0 Å². The minimum absolute atomic E-state index is 0.0759. The Hall–Kier alpha value is -1.84. The van der Waals surface area contributed by atoms with Gasteiger partial charge in [-0.25, -0.2) is 0 Å². The molecule has 134 valence electrons. The zero-order valence-corrected chi connectivity index (χ0v) is 16.3. The summed E-state index contributed by atoms with van der Waals surface area (Å²) in [6, 6.07) is 7.45. The van der Waals surface area contributed by atoms with Crippen molar-refractivity contribution in [1.29, 1.82) is 0 Å². The van der Waals surface area contributed by atoms with Crippen LogP contribution in [0.4, 0.5) is 0 Å². The van der Waals surface area contributed by atoms with Crippen LogP contribution in [0.2, 0.25) is 0 Å². The van der Waals surface area contributed by atoms with Crippen LogP contribution in [0.5, 0.6) is 0 Å². The van der Waals surface area contributed by atoms with Crippen molar-refractivity contribution >= 4 is 11.8 Å². The number of hydrogen-bond acceptors (Lipinski definition) is 2. The molecular weight excluding hydrogens is 300 g/mol. The molecular formula is C20H32N2O2. The van der Waals surface area contributed by atoms with Crippen molar-refractivity contribution in [3.63, 3.8) is 0 Å². The van der Waals surface area contributed by atoms with E-state index in [2.05, 4.69) is 0 Å². The number of rotatable bonds is 6. The predicted octanol–water partition coefficient (Wildman–Crippen LogP) is 4.20. The van der Waals surface area contributed by atoms with Crippen LogP contribution in [0.25, 0.3) is 0 Å². The summed E-state index contributed by atoms with van der Waals surface area (Å²) in [5.41, 5.74) is 0.965. The standard InChI is InChI=1S/C20H32N2O2/c1-13(2)21(14(3)4)19(23)17-11-9-10-12-18(17)20(24)22(15(5)6)16(7)8/h9-16H,1-8H3. The molecule has 4 heteroatoms. The first-order valence-corrected chi connectivity index (χ1v) is 8.83. The Labute approximate surface area is 146 Å². The van der Waals surface area contributed by atoms with E-state index >= 15 is 0 Å². The van der Waals surface area contributed by atoms with Gasteiger partial charge in [0.2, 0.25) is 0 Å². The van der Waals surface area contributed by atoms with E-state index in [9.17, 15) is 9.59 Å². The van der Waals surface area contributed by atoms with Gasteiger partial charge in [0.25, 0.3) is 11.8 Å². The summed E-state index contributed by atoms with van der Waals surface area (Å²) < 4.78 is 0. The van der Waals surface area contributed by atoms with Crippen molar-refractivity contribution in [2.45, 2.75) is 79.6 Å². The first kappa shape index (κ1) is 20.2. The van der Waals surface area contributed by atoms with Gasteiger partial charge in [-0.3, -0.25) is 9.59 Å². The van der Waals surface area contributed by atoms with Crippen LogP contribution in [0.3, 0.4) is 0 Å². The zero-order chi connectivity index (χ0) is 18.6. The highest BCUT2D eigenvalue weighted by atomic mass is 16.2. The highest BCUT2D eigenvalue weighted by Gasteiger charge is 2.29. The summed E-state index contributed by atoms with van der Waals surface area (Å²) >= 11 is 0. The molecule has 4 nitrogen and oxygen atoms in total. The quantitative estimate of drug-likeness (QED) is 0.783. The Morgan fingerprint density at radius 2 is 0.875 bits per heavy atom. The van der Waals surface area contributed by atoms with Crippen molar-refractivity contribution in [1.82, 2.24) is 9.80 Å². The maximum Gasteiger partial charge on any atom is 0.255 e. The Morgan fingerprint density at radius 1 is 0.625 bits per heavy atom. The third kappa shape index (κ3) is 4.37. The molecule has 1 rings (SSSR count). The van der Waals surface area contributed by atoms with Gasteiger partial charge in [0.1, 0.15) is 0 Å². The summed E-state index contributed by atoms with van der Waals surface area (Å²) in [4.78, 5) is 29.8. The normalized spacial score (nSPS) is 11.5. The number of benzene rings is 1. The minimum Gasteiger partial charge on any atom is -0.334 e. The van der Waals surface area contributed by atoms with Crippen molar-refractivity contribution in [2.24, 2.45) is 0 Å². The summed E-state index contributed by atoms with van der Waals surface area (Å²) in [5.74, 6) is -0.173. The summed E-state index contributed by atoms with van der Waals surface area (Å²) in [7, 11) is 0. The number of hydrogen-bond donors (Lipinski definition) is 0. The lowest BCUT2D eigenvalue weighted by molar-refractivity contribution is 0.0601. The molecule has 0 bridgehead atoms. The van der Waals surface area contributed by atoms with E-state index in [1.54, 1.807) is 12.1 Å². The average molecular weight is 332 g/mol. The van der Waals surface area contributed by atoms with E-state index < -0.39 is 0 Å². The molecule has 0 fully saturated rings. The minimum atomic E-state index is -0.0867. The van der Waals surface area contributed by atoms with Gasteiger partial charge in [-0.2, -0.15) is 0 Å². The molecule has 2 amide bonds. The molecule has 0 aliphatic carbocycles. The first-order valence-electron chi connectivity index (χ1n) is 8.83. The molecule has 0 N–H and O–H groups in total. The molecule has 0 atom stereocenters. The van der Waals surface area contributed by atoms with E-state index in [0.717, 1.165) is 0 Å². The van der Waals surface area contributed by atoms with E-state index in [1.165, 1.54) is 0 Å². The second kappa shape index (κ2) is 8.32. The fourth-order valence-corrected chi connectivity index (χ4v) is 3.26. The predicted molar refractivity (Wildman–Crippen MR) is 99.3 cm³/mol. The topological polar surface area (TPSA) is 40.6 Å². The van der Waals surface area contributed by atoms with Crippen molar-refractivity contribution in [3.8, 4) is 0 Å². The van der Waals surface area contributed by atoms with Gasteiger partial charge in [-0.15, -0.1) is 0 Å². The molecule has 0 aromatic heterocycles. The maximum absolute atomic E-state index is 13.1. The summed E-state index contributed by atoms with van der Waals surface area (Å²) in [6.45, 7) is 16.0. The second-order valence-corrected chi connectivity index (χ2v) is 7.35. The third-order valence-electron chi connectivity index (χ3n) is 4.08. The SMILES string of the molecule is CC(C)N(C(=O)c1ccccc1C(=O)N(C(C)C)C(C)C)C(C)C. The van der Waals surface area contributed by atoms with E-state index in [1.807, 2.05) is 77.3 Å². The largest absolute Gasteiger partial charge is 0.334 e. The maximum atomic E-state index is 13.1. The lowest BCUT2D eigenvalue weighted by Crippen LogP contribution is -2.45. The van der Waals surface area contributed by atoms with Gasteiger partial charge >= 0.3 is 0 Å². The Bertz CT molecular complexity index is 510. The average Bonchev–Trinajstić information content (AvgIpc) is 2.45. The molecule has 1 aromatic carbocycles. The Balaban J connectivity index is 3.35. The third-order valence-corrected chi connectivity index (χ3v) is 4.08. The van der Waals surface area contributed by atoms with Crippen LogP contribution < -0.4 is 0 Å². The van der Waals surface area contributed by atoms with Crippen LogP contribution in [0, 0.1) is 0 Å². The number of carbonyl (C=O) groups excluding carboxylic acids is 2. The van der Waals surface area contributed by atoms with Crippen LogP contribution in [-0.2, 0) is 0 Å². The van der Waals surface area contributed by atoms with E-state index in [4.69, 9.17) is 0 Å². The highest BCUT2D eigenvalue weighted by molar-refractivity contribution is 6.07. The van der Waals surface area contributed by atoms with Crippen LogP contribution in [0.15, 0.2) is 24.3 Å². The van der Waals surface area contributed by atoms with Gasteiger partial charge in [0.15, 0.2) is 0 Å². The van der Waals surface area contributed by atoms with Gasteiger partial charge in [0.05, 0.1) is 11.1 Å². The number of carbonyl (C=O) groups is 2. The summed E-state index contributed by atoms with van der Waals surface area (Å²) in [6.07, 6.45) is 0. The Morgan fingerprint density at radius 3 is 1.08 bits per heavy atom. The number of nitrogens with zero attached hydrogens (tertiary/aromatic N) is 2. The monoisotopic (exact) mass is 332 g/mol. The van der Waals surface area contributed by atoms with Gasteiger partial charge in [0, 0.05) is 24.2 Å². The zero-order valence-electron chi connectivity index (χ0n) is 16.3. The van der Waals surface area contributed by atoms with E-state index in [0.29, 0.717) is 11.1 Å². The fourth-order valence-electron chi connectivity index (χ4n) is 3.26. The van der Waals surface area contributed by atoms with Crippen LogP contribution in [0.1, 0.15) is 76.1 Å². The van der Waals surface area contributed by atoms with Crippen molar-refractivity contribution in [3.05, 3.63) is 35.4 Å². The van der Waals surface area contributed by atoms with Gasteiger partial charge in [-0.05, 0) is 67.5 Å². The Kier molecular flexibility index (Phi) is 7.00. The molecule has 0 aliphatic rings. The molecule has 0 aliphatic heterocycles. The van der Waals surface area contributed by atoms with Gasteiger partial charge < -0.3 is 9.80 Å². The molecule has 0 saturated carbocycles. The highest BCUT2D eigenvalue weighted by Crippen LogP contribution is 2.20. The molecule has 0 spiro atoms. The molecule has 0 unspecified atom stereocenters. The smallest absolute Gasteiger partial charge is 0.255 e. The van der Waals surface area contributed by atoms with Crippen LogP contribution in [-0.4, -0.2) is 45.8 Å². The molecule has 0 heterocycles. The molecule has 0 radical (unpaired) electrons. The number of amides is 2. The van der Waals surface area contributed by atoms with Crippen molar-refractivity contribution < 1.29 is 9.59 Å².